The molecule has 0 aromatic rings. The molecule has 0 bridgehead atoms. The zero-order chi connectivity index (χ0) is 18.0. The topological polar surface area (TPSA) is 66.8 Å². The second-order valence-electron chi connectivity index (χ2n) is 9.51. The van der Waals surface area contributed by atoms with E-state index < -0.39 is 0 Å². The highest BCUT2D eigenvalue weighted by Gasteiger charge is 2.62. The second kappa shape index (κ2) is 5.82. The molecule has 0 aliphatic heterocycles. The number of methoxy groups -OCH3 is 1. The number of hydrogen-bond donors (Lipinski definition) is 2. The first-order valence-corrected chi connectivity index (χ1v) is 9.94. The Bertz CT molecular complexity index is 599. The van der Waals surface area contributed by atoms with Gasteiger partial charge < -0.3 is 14.9 Å². The average Bonchev–Trinajstić information content (AvgIpc) is 2.91. The van der Waals surface area contributed by atoms with Gasteiger partial charge in [0, 0.05) is 0 Å². The van der Waals surface area contributed by atoms with Crippen LogP contribution in [0.3, 0.4) is 0 Å². The molecule has 25 heavy (non-hydrogen) atoms. The van der Waals surface area contributed by atoms with Gasteiger partial charge in [-0.25, -0.2) is 0 Å². The van der Waals surface area contributed by atoms with E-state index in [-0.39, 0.29) is 40.8 Å². The van der Waals surface area contributed by atoms with Crippen LogP contribution in [0.15, 0.2) is 11.6 Å². The van der Waals surface area contributed by atoms with Gasteiger partial charge in [-0.2, -0.15) is 0 Å². The number of hydrogen-bond acceptors (Lipinski definition) is 4. The van der Waals surface area contributed by atoms with E-state index in [1.54, 1.807) is 0 Å². The van der Waals surface area contributed by atoms with Crippen LogP contribution >= 0.6 is 0 Å². The van der Waals surface area contributed by atoms with E-state index in [0.29, 0.717) is 18.3 Å². The predicted molar refractivity (Wildman–Crippen MR) is 94.6 cm³/mol. The van der Waals surface area contributed by atoms with Gasteiger partial charge in [-0.1, -0.05) is 25.5 Å². The van der Waals surface area contributed by atoms with E-state index in [4.69, 9.17) is 4.74 Å². The van der Waals surface area contributed by atoms with Gasteiger partial charge in [0.05, 0.1) is 25.2 Å². The van der Waals surface area contributed by atoms with Crippen LogP contribution in [0.5, 0.6) is 0 Å². The van der Waals surface area contributed by atoms with Gasteiger partial charge in [0.25, 0.3) is 0 Å². The Morgan fingerprint density at radius 3 is 2.72 bits per heavy atom. The fraction of sp³-hybridized carbons (Fsp3) is 0.857. The van der Waals surface area contributed by atoms with Gasteiger partial charge in [0.1, 0.15) is 0 Å². The van der Waals surface area contributed by atoms with E-state index in [2.05, 4.69) is 19.9 Å². The Balaban J connectivity index is 1.69. The minimum atomic E-state index is -0.375. The first kappa shape index (κ1) is 17.5. The van der Waals surface area contributed by atoms with Crippen molar-refractivity contribution < 1.29 is 19.7 Å². The molecule has 0 aromatic carbocycles. The van der Waals surface area contributed by atoms with Gasteiger partial charge >= 0.3 is 5.97 Å². The van der Waals surface area contributed by atoms with Crippen molar-refractivity contribution in [3.8, 4) is 0 Å². The number of fused-ring (bicyclic) bond motifs is 5. The van der Waals surface area contributed by atoms with Crippen LogP contribution < -0.4 is 0 Å². The Kier molecular flexibility index (Phi) is 4.08. The third kappa shape index (κ3) is 2.36. The first-order chi connectivity index (χ1) is 11.8. The summed E-state index contributed by atoms with van der Waals surface area (Å²) in [5.74, 6) is 0.993. The third-order valence-corrected chi connectivity index (χ3v) is 8.49. The summed E-state index contributed by atoms with van der Waals surface area (Å²) in [7, 11) is 1.48. The molecule has 4 rings (SSSR count). The second-order valence-corrected chi connectivity index (χ2v) is 9.51. The fourth-order valence-corrected chi connectivity index (χ4v) is 7.30. The largest absolute Gasteiger partial charge is 0.469 e. The number of ether oxygens (including phenoxy) is 1. The molecular formula is C21H32O4. The summed E-state index contributed by atoms with van der Waals surface area (Å²) < 4.78 is 5.08. The van der Waals surface area contributed by atoms with Gasteiger partial charge in [-0.15, -0.1) is 0 Å². The molecule has 4 heteroatoms. The Morgan fingerprint density at radius 1 is 1.24 bits per heavy atom. The highest BCUT2D eigenvalue weighted by molar-refractivity contribution is 5.74. The van der Waals surface area contributed by atoms with Crippen LogP contribution in [0, 0.1) is 34.5 Å². The molecular weight excluding hydrogens is 316 g/mol. The summed E-state index contributed by atoms with van der Waals surface area (Å²) in [5, 5.41) is 21.3. The molecule has 3 saturated carbocycles. The maximum absolute atomic E-state index is 12.3. The maximum Gasteiger partial charge on any atom is 0.309 e. The summed E-state index contributed by atoms with van der Waals surface area (Å²) in [6, 6.07) is 0. The van der Waals surface area contributed by atoms with Crippen molar-refractivity contribution in [3.05, 3.63) is 11.6 Å². The Morgan fingerprint density at radius 2 is 2.00 bits per heavy atom. The van der Waals surface area contributed by atoms with Crippen molar-refractivity contribution in [1.82, 2.24) is 0 Å². The van der Waals surface area contributed by atoms with Crippen molar-refractivity contribution in [2.24, 2.45) is 34.5 Å². The van der Waals surface area contributed by atoms with Gasteiger partial charge in [0.15, 0.2) is 0 Å². The standard InChI is InChI=1S/C21H32O4/c1-20-9-8-13(22)10-12(20)4-5-14-15-6-7-16(19(24)25-3)21(15,2)11-17(23)18(14)20/h4,13-18,22-23H,5-11H2,1-3H3. The summed E-state index contributed by atoms with van der Waals surface area (Å²) in [6.07, 6.45) is 7.93. The molecule has 0 heterocycles. The van der Waals surface area contributed by atoms with Crippen LogP contribution in [0.25, 0.3) is 0 Å². The average molecular weight is 348 g/mol. The molecule has 8 atom stereocenters. The molecule has 0 radical (unpaired) electrons. The molecule has 0 spiro atoms. The molecule has 0 aromatic heterocycles. The lowest BCUT2D eigenvalue weighted by atomic mass is 9.46. The Hall–Kier alpha value is -0.870. The number of carbonyl (C=O) groups excluding carboxylic acids is 1. The fourth-order valence-electron chi connectivity index (χ4n) is 7.30. The lowest BCUT2D eigenvalue weighted by molar-refractivity contribution is -0.159. The summed E-state index contributed by atoms with van der Waals surface area (Å²) >= 11 is 0. The molecule has 4 aliphatic carbocycles. The van der Waals surface area contributed by atoms with Crippen LogP contribution in [0.4, 0.5) is 0 Å². The smallest absolute Gasteiger partial charge is 0.309 e. The highest BCUT2D eigenvalue weighted by Crippen LogP contribution is 2.66. The number of aliphatic hydroxyl groups excluding tert-OH is 2. The van der Waals surface area contributed by atoms with Crippen LogP contribution in [-0.2, 0) is 9.53 Å². The highest BCUT2D eigenvalue weighted by atomic mass is 16.5. The van der Waals surface area contributed by atoms with Crippen molar-refractivity contribution in [2.75, 3.05) is 7.11 Å². The summed E-state index contributed by atoms with van der Waals surface area (Å²) in [6.45, 7) is 4.51. The van der Waals surface area contributed by atoms with E-state index in [0.717, 1.165) is 38.5 Å². The van der Waals surface area contributed by atoms with Crippen molar-refractivity contribution in [2.45, 2.75) is 71.0 Å². The van der Waals surface area contributed by atoms with Crippen LogP contribution in [-0.4, -0.2) is 35.5 Å². The molecule has 140 valence electrons. The number of allylic oxidation sites excluding steroid dienone is 1. The quantitative estimate of drug-likeness (QED) is 0.564. The number of aliphatic hydroxyl groups is 2. The zero-order valence-corrected chi connectivity index (χ0v) is 15.7. The summed E-state index contributed by atoms with van der Waals surface area (Å²) in [4.78, 5) is 12.3. The van der Waals surface area contributed by atoms with E-state index >= 15 is 0 Å². The predicted octanol–water partition coefficient (Wildman–Crippen LogP) is 3.07. The van der Waals surface area contributed by atoms with Crippen LogP contribution in [0.2, 0.25) is 0 Å². The molecule has 4 nitrogen and oxygen atoms in total. The number of rotatable bonds is 1. The molecule has 0 saturated heterocycles. The SMILES string of the molecule is COC(=O)C1CCC2C3CC=C4CC(O)CCC4(C)C3C(O)CC12C. The maximum atomic E-state index is 12.3. The zero-order valence-electron chi connectivity index (χ0n) is 15.7. The third-order valence-electron chi connectivity index (χ3n) is 8.49. The van der Waals surface area contributed by atoms with Crippen molar-refractivity contribution >= 4 is 5.97 Å². The van der Waals surface area contributed by atoms with Gasteiger partial charge in [0.2, 0.25) is 0 Å². The molecule has 4 aliphatic rings. The van der Waals surface area contributed by atoms with E-state index in [1.807, 2.05) is 0 Å². The Labute approximate surface area is 150 Å². The molecule has 0 amide bonds. The number of carbonyl (C=O) groups is 1. The first-order valence-electron chi connectivity index (χ1n) is 9.94. The minimum Gasteiger partial charge on any atom is -0.469 e. The van der Waals surface area contributed by atoms with E-state index in [1.165, 1.54) is 12.7 Å². The normalized spacial score (nSPS) is 51.8. The number of esters is 1. The molecule has 2 N–H and O–H groups in total. The lowest BCUT2D eigenvalue weighted by Crippen LogP contribution is -2.56. The monoisotopic (exact) mass is 348 g/mol. The molecule has 3 fully saturated rings. The van der Waals surface area contributed by atoms with Crippen molar-refractivity contribution in [1.29, 1.82) is 0 Å². The van der Waals surface area contributed by atoms with Crippen LogP contribution in [0.1, 0.15) is 58.8 Å². The van der Waals surface area contributed by atoms with Gasteiger partial charge in [-0.3, -0.25) is 4.79 Å². The van der Waals surface area contributed by atoms with Crippen molar-refractivity contribution in [3.63, 3.8) is 0 Å². The van der Waals surface area contributed by atoms with Gasteiger partial charge in [-0.05, 0) is 73.5 Å². The lowest BCUT2D eigenvalue weighted by Gasteiger charge is -2.59. The minimum absolute atomic E-state index is 0.00620. The van der Waals surface area contributed by atoms with E-state index in [9.17, 15) is 15.0 Å². The molecule has 8 unspecified atom stereocenters. The summed E-state index contributed by atoms with van der Waals surface area (Å²) in [5.41, 5.74) is 1.22.